The fourth-order valence-electron chi connectivity index (χ4n) is 2.69. The number of amides is 1. The zero-order valence-corrected chi connectivity index (χ0v) is 13.5. The fraction of sp³-hybridized carbons (Fsp3) is 0.375. The maximum Gasteiger partial charge on any atom is 0.387 e. The molecule has 0 bridgehead atoms. The number of ether oxygens (including phenoxy) is 2. The quantitative estimate of drug-likeness (QED) is 0.650. The van der Waals surface area contributed by atoms with Gasteiger partial charge >= 0.3 is 6.61 Å². The molecule has 0 saturated carbocycles. The highest BCUT2D eigenvalue weighted by Gasteiger charge is 2.33. The number of benzene rings is 1. The number of rotatable bonds is 5. The van der Waals surface area contributed by atoms with E-state index < -0.39 is 6.61 Å². The van der Waals surface area contributed by atoms with Crippen molar-refractivity contribution in [2.75, 3.05) is 13.2 Å². The summed E-state index contributed by atoms with van der Waals surface area (Å²) in [6.07, 6.45) is 3.29. The Morgan fingerprint density at radius 2 is 2.25 bits per heavy atom. The molecule has 128 valence electrons. The maximum absolute atomic E-state index is 12.5. The van der Waals surface area contributed by atoms with Crippen molar-refractivity contribution in [1.29, 1.82) is 0 Å². The summed E-state index contributed by atoms with van der Waals surface area (Å²) in [5.74, 6) is -0.305. The highest BCUT2D eigenvalue weighted by Crippen LogP contribution is 2.25. The van der Waals surface area contributed by atoms with Gasteiger partial charge < -0.3 is 14.8 Å². The molecule has 1 aromatic rings. The van der Waals surface area contributed by atoms with Gasteiger partial charge in [-0.15, -0.1) is 0 Å². The van der Waals surface area contributed by atoms with Gasteiger partial charge in [0.1, 0.15) is 11.4 Å². The normalized spacial score (nSPS) is 22.5. The van der Waals surface area contributed by atoms with Crippen molar-refractivity contribution in [3.8, 4) is 5.75 Å². The molecule has 0 radical (unpaired) electrons. The minimum Gasteiger partial charge on any atom is -0.434 e. The lowest BCUT2D eigenvalue weighted by atomic mass is 10.1. The highest BCUT2D eigenvalue weighted by atomic mass is 32.1. The molecule has 2 aliphatic heterocycles. The topological polar surface area (TPSA) is 50.8 Å². The Morgan fingerprint density at radius 1 is 1.46 bits per heavy atom. The summed E-state index contributed by atoms with van der Waals surface area (Å²) >= 11 is 5.19. The van der Waals surface area contributed by atoms with E-state index in [4.69, 9.17) is 17.0 Å². The second-order valence-electron chi connectivity index (χ2n) is 5.46. The van der Waals surface area contributed by atoms with Gasteiger partial charge in [0, 0.05) is 12.2 Å². The molecule has 8 heteroatoms. The first-order valence-corrected chi connectivity index (χ1v) is 7.95. The Bertz CT molecular complexity index is 675. The summed E-state index contributed by atoms with van der Waals surface area (Å²) in [7, 11) is 0. The van der Waals surface area contributed by atoms with E-state index in [2.05, 4.69) is 10.1 Å². The predicted octanol–water partition coefficient (Wildman–Crippen LogP) is 2.52. The predicted molar refractivity (Wildman–Crippen MR) is 87.5 cm³/mol. The van der Waals surface area contributed by atoms with Crippen molar-refractivity contribution in [1.82, 2.24) is 10.2 Å². The molecule has 24 heavy (non-hydrogen) atoms. The van der Waals surface area contributed by atoms with Gasteiger partial charge in [0.15, 0.2) is 5.11 Å². The summed E-state index contributed by atoms with van der Waals surface area (Å²) in [5, 5.41) is 3.11. The number of nitrogens with one attached hydrogen (secondary N) is 1. The third-order valence-corrected chi connectivity index (χ3v) is 4.13. The van der Waals surface area contributed by atoms with Crippen molar-refractivity contribution in [3.63, 3.8) is 0 Å². The lowest BCUT2D eigenvalue weighted by Crippen LogP contribution is -2.37. The molecule has 0 aliphatic carbocycles. The fourth-order valence-corrected chi connectivity index (χ4v) is 2.96. The van der Waals surface area contributed by atoms with Crippen LogP contribution in [-0.2, 0) is 9.53 Å². The number of carbonyl (C=O) groups excluding carboxylic acids is 1. The van der Waals surface area contributed by atoms with Crippen molar-refractivity contribution in [2.45, 2.75) is 25.6 Å². The van der Waals surface area contributed by atoms with E-state index in [1.54, 1.807) is 18.2 Å². The molecule has 1 unspecified atom stereocenters. The van der Waals surface area contributed by atoms with E-state index in [9.17, 15) is 13.6 Å². The van der Waals surface area contributed by atoms with Gasteiger partial charge in [0.25, 0.3) is 5.91 Å². The van der Waals surface area contributed by atoms with Crippen molar-refractivity contribution in [3.05, 3.63) is 35.5 Å². The van der Waals surface area contributed by atoms with Crippen LogP contribution in [0.1, 0.15) is 18.4 Å². The van der Waals surface area contributed by atoms with E-state index in [1.165, 1.54) is 17.0 Å². The Balaban J connectivity index is 1.78. The monoisotopic (exact) mass is 354 g/mol. The molecule has 2 fully saturated rings. The first kappa shape index (κ1) is 16.8. The first-order valence-electron chi connectivity index (χ1n) is 7.54. The van der Waals surface area contributed by atoms with Crippen LogP contribution >= 0.6 is 12.2 Å². The van der Waals surface area contributed by atoms with Crippen LogP contribution in [0.5, 0.6) is 5.75 Å². The Labute approximate surface area is 143 Å². The number of carbonyl (C=O) groups is 1. The SMILES string of the molecule is O=C1/C(=C\c2ccccc2OC(F)F)NC(=S)N1CC1CCCO1. The lowest BCUT2D eigenvalue weighted by molar-refractivity contribution is -0.123. The van der Waals surface area contributed by atoms with Gasteiger partial charge in [-0.3, -0.25) is 9.69 Å². The second kappa shape index (κ2) is 7.23. The smallest absolute Gasteiger partial charge is 0.387 e. The first-order chi connectivity index (χ1) is 11.5. The summed E-state index contributed by atoms with van der Waals surface area (Å²) < 4.78 is 34.9. The van der Waals surface area contributed by atoms with E-state index in [0.717, 1.165) is 12.8 Å². The minimum absolute atomic E-state index is 0.00176. The zero-order valence-electron chi connectivity index (χ0n) is 12.7. The molecular weight excluding hydrogens is 338 g/mol. The minimum atomic E-state index is -2.94. The van der Waals surface area contributed by atoms with Crippen LogP contribution in [0.4, 0.5) is 8.78 Å². The molecule has 5 nitrogen and oxygen atoms in total. The zero-order chi connectivity index (χ0) is 17.1. The van der Waals surface area contributed by atoms with Gasteiger partial charge in [0.05, 0.1) is 12.6 Å². The lowest BCUT2D eigenvalue weighted by Gasteiger charge is -2.18. The van der Waals surface area contributed by atoms with Crippen LogP contribution in [0.25, 0.3) is 6.08 Å². The number of nitrogens with zero attached hydrogens (tertiary/aromatic N) is 1. The van der Waals surface area contributed by atoms with Crippen LogP contribution < -0.4 is 10.1 Å². The van der Waals surface area contributed by atoms with Gasteiger partial charge in [0.2, 0.25) is 0 Å². The Kier molecular flexibility index (Phi) is 5.06. The average Bonchev–Trinajstić information content (AvgIpc) is 3.13. The number of halogens is 2. The molecule has 0 spiro atoms. The number of hydrogen-bond acceptors (Lipinski definition) is 4. The molecule has 2 heterocycles. The molecule has 0 aromatic heterocycles. The molecule has 1 atom stereocenters. The van der Waals surface area contributed by atoms with Crippen LogP contribution in [-0.4, -0.2) is 41.8 Å². The third kappa shape index (κ3) is 3.70. The largest absolute Gasteiger partial charge is 0.434 e. The van der Waals surface area contributed by atoms with E-state index in [1.807, 2.05) is 0 Å². The van der Waals surface area contributed by atoms with Gasteiger partial charge in [-0.1, -0.05) is 18.2 Å². The molecule has 1 N–H and O–H groups in total. The summed E-state index contributed by atoms with van der Waals surface area (Å²) in [6, 6.07) is 6.26. The van der Waals surface area contributed by atoms with Gasteiger partial charge in [-0.25, -0.2) is 0 Å². The van der Waals surface area contributed by atoms with E-state index >= 15 is 0 Å². The number of alkyl halides is 2. The van der Waals surface area contributed by atoms with E-state index in [0.29, 0.717) is 18.7 Å². The summed E-state index contributed by atoms with van der Waals surface area (Å²) in [4.78, 5) is 13.9. The van der Waals surface area contributed by atoms with Gasteiger partial charge in [-0.05, 0) is 37.2 Å². The van der Waals surface area contributed by atoms with Crippen LogP contribution in [0, 0.1) is 0 Å². The van der Waals surface area contributed by atoms with Crippen LogP contribution in [0.3, 0.4) is 0 Å². The molecule has 3 rings (SSSR count). The van der Waals surface area contributed by atoms with Crippen molar-refractivity contribution >= 4 is 29.3 Å². The van der Waals surface area contributed by atoms with Gasteiger partial charge in [-0.2, -0.15) is 8.78 Å². The number of para-hydroxylation sites is 1. The molecule has 2 aliphatic rings. The standard InChI is InChI=1S/C16H16F2N2O3S/c17-15(18)23-13-6-2-1-4-10(13)8-12-14(21)20(16(24)19-12)9-11-5-3-7-22-11/h1-2,4,6,8,11,15H,3,5,7,9H2,(H,19,24)/b12-8+. The van der Waals surface area contributed by atoms with Crippen molar-refractivity contribution in [2.24, 2.45) is 0 Å². The van der Waals surface area contributed by atoms with Crippen LogP contribution in [0.15, 0.2) is 30.0 Å². The molecule has 2 saturated heterocycles. The summed E-state index contributed by atoms with van der Waals surface area (Å²) in [5.41, 5.74) is 0.596. The highest BCUT2D eigenvalue weighted by molar-refractivity contribution is 7.80. The number of thiocarbonyl (C=S) groups is 1. The molecule has 1 amide bonds. The van der Waals surface area contributed by atoms with Crippen molar-refractivity contribution < 1.29 is 23.0 Å². The van der Waals surface area contributed by atoms with E-state index in [-0.39, 0.29) is 28.6 Å². The molecule has 1 aromatic carbocycles. The average molecular weight is 354 g/mol. The Morgan fingerprint density at radius 3 is 2.96 bits per heavy atom. The maximum atomic E-state index is 12.5. The summed E-state index contributed by atoms with van der Waals surface area (Å²) in [6.45, 7) is -1.86. The molecular formula is C16H16F2N2O3S. The Hall–Kier alpha value is -2.06. The second-order valence-corrected chi connectivity index (χ2v) is 5.84. The number of hydrogen-bond donors (Lipinski definition) is 1. The van der Waals surface area contributed by atoms with Crippen LogP contribution in [0.2, 0.25) is 0 Å². The third-order valence-electron chi connectivity index (χ3n) is 3.81.